The van der Waals surface area contributed by atoms with Crippen LogP contribution in [0.25, 0.3) is 5.65 Å². The van der Waals surface area contributed by atoms with Crippen LogP contribution in [0.3, 0.4) is 0 Å². The van der Waals surface area contributed by atoms with Gasteiger partial charge in [-0.05, 0) is 19.1 Å². The SMILES string of the molecule is Cc1nc2ccc(Cl)cn2c1CN1CCN(C(=O)ON2C(=O)CCC2=O)CC1. The number of pyridine rings is 1. The van der Waals surface area contributed by atoms with Gasteiger partial charge in [-0.1, -0.05) is 11.6 Å². The predicted molar refractivity (Wildman–Crippen MR) is 99.4 cm³/mol. The lowest BCUT2D eigenvalue weighted by atomic mass is 10.2. The second kappa shape index (κ2) is 7.40. The molecule has 10 heteroatoms. The zero-order valence-electron chi connectivity index (χ0n) is 15.4. The first-order valence-electron chi connectivity index (χ1n) is 9.10. The Kier molecular flexibility index (Phi) is 4.94. The van der Waals surface area contributed by atoms with Crippen molar-refractivity contribution in [1.29, 1.82) is 0 Å². The molecule has 28 heavy (non-hydrogen) atoms. The third-order valence-corrected chi connectivity index (χ3v) is 5.28. The van der Waals surface area contributed by atoms with Gasteiger partial charge in [-0.2, -0.15) is 0 Å². The Labute approximate surface area is 166 Å². The van der Waals surface area contributed by atoms with E-state index in [1.165, 1.54) is 4.90 Å². The summed E-state index contributed by atoms with van der Waals surface area (Å²) in [5.41, 5.74) is 2.84. The minimum Gasteiger partial charge on any atom is -0.311 e. The molecule has 3 amide bonds. The van der Waals surface area contributed by atoms with E-state index in [-0.39, 0.29) is 12.8 Å². The first kappa shape index (κ1) is 18.7. The molecule has 0 atom stereocenters. The van der Waals surface area contributed by atoms with Crippen molar-refractivity contribution in [2.75, 3.05) is 26.2 Å². The maximum absolute atomic E-state index is 12.2. The number of hydrogen-bond acceptors (Lipinski definition) is 6. The lowest BCUT2D eigenvalue weighted by molar-refractivity contribution is -0.174. The standard InChI is InChI=1S/C18H20ClN5O4/c1-12-14(23-10-13(19)2-3-15(23)20-12)11-21-6-8-22(9-7-21)18(27)28-24-16(25)4-5-17(24)26/h2-3,10H,4-9,11H2,1H3. The summed E-state index contributed by atoms with van der Waals surface area (Å²) in [6, 6.07) is 3.70. The van der Waals surface area contributed by atoms with Crippen LogP contribution >= 0.6 is 11.6 Å². The van der Waals surface area contributed by atoms with E-state index in [1.54, 1.807) is 0 Å². The highest BCUT2D eigenvalue weighted by Gasteiger charge is 2.35. The molecule has 0 bridgehead atoms. The Bertz CT molecular complexity index is 935. The van der Waals surface area contributed by atoms with E-state index in [1.807, 2.05) is 29.7 Å². The van der Waals surface area contributed by atoms with Gasteiger partial charge < -0.3 is 14.1 Å². The van der Waals surface area contributed by atoms with Gasteiger partial charge in [0.25, 0.3) is 11.8 Å². The summed E-state index contributed by atoms with van der Waals surface area (Å²) in [6.07, 6.45) is 1.36. The number of nitrogens with zero attached hydrogens (tertiary/aromatic N) is 5. The summed E-state index contributed by atoms with van der Waals surface area (Å²) in [7, 11) is 0. The summed E-state index contributed by atoms with van der Waals surface area (Å²) in [4.78, 5) is 48.7. The van der Waals surface area contributed by atoms with Gasteiger partial charge in [0, 0.05) is 51.8 Å². The summed E-state index contributed by atoms with van der Waals surface area (Å²) in [5, 5.41) is 1.23. The Morgan fingerprint density at radius 3 is 2.50 bits per heavy atom. The number of amides is 3. The van der Waals surface area contributed by atoms with Crippen LogP contribution < -0.4 is 0 Å². The molecule has 2 fully saturated rings. The van der Waals surface area contributed by atoms with E-state index >= 15 is 0 Å². The number of fused-ring (bicyclic) bond motifs is 1. The molecular formula is C18H20ClN5O4. The van der Waals surface area contributed by atoms with E-state index in [0.717, 1.165) is 17.0 Å². The van der Waals surface area contributed by atoms with Gasteiger partial charge in [0.15, 0.2) is 0 Å². The average Bonchev–Trinajstić information content (AvgIpc) is 3.15. The van der Waals surface area contributed by atoms with E-state index in [0.29, 0.717) is 42.8 Å². The number of piperazine rings is 1. The molecule has 2 aliphatic heterocycles. The molecule has 2 aliphatic rings. The lowest BCUT2D eigenvalue weighted by Crippen LogP contribution is -2.50. The van der Waals surface area contributed by atoms with Crippen LogP contribution in [0, 0.1) is 6.92 Å². The van der Waals surface area contributed by atoms with Gasteiger partial charge in [0.05, 0.1) is 16.4 Å². The molecule has 0 unspecified atom stereocenters. The molecule has 0 spiro atoms. The number of halogens is 1. The minimum atomic E-state index is -0.666. The maximum atomic E-state index is 12.2. The van der Waals surface area contributed by atoms with Crippen molar-refractivity contribution in [1.82, 2.24) is 24.2 Å². The highest BCUT2D eigenvalue weighted by atomic mass is 35.5. The fourth-order valence-electron chi connectivity index (χ4n) is 3.47. The number of aromatic nitrogens is 2. The van der Waals surface area contributed by atoms with E-state index in [9.17, 15) is 14.4 Å². The van der Waals surface area contributed by atoms with Gasteiger partial charge in [-0.15, -0.1) is 5.06 Å². The molecule has 0 saturated carbocycles. The van der Waals surface area contributed by atoms with E-state index < -0.39 is 17.9 Å². The van der Waals surface area contributed by atoms with Crippen LogP contribution in [0.4, 0.5) is 4.79 Å². The molecule has 2 saturated heterocycles. The monoisotopic (exact) mass is 405 g/mol. The van der Waals surface area contributed by atoms with Crippen molar-refractivity contribution in [3.8, 4) is 0 Å². The third kappa shape index (κ3) is 3.55. The predicted octanol–water partition coefficient (Wildman–Crippen LogP) is 1.61. The smallest absolute Gasteiger partial charge is 0.311 e. The molecule has 2 aromatic rings. The highest BCUT2D eigenvalue weighted by Crippen LogP contribution is 2.19. The zero-order valence-corrected chi connectivity index (χ0v) is 16.2. The summed E-state index contributed by atoms with van der Waals surface area (Å²) in [6.45, 7) is 4.83. The van der Waals surface area contributed by atoms with E-state index in [2.05, 4.69) is 9.88 Å². The van der Waals surface area contributed by atoms with Crippen molar-refractivity contribution >= 4 is 35.2 Å². The number of carbonyl (C=O) groups is 3. The second-order valence-electron chi connectivity index (χ2n) is 6.92. The fraction of sp³-hybridized carbons (Fsp3) is 0.444. The van der Waals surface area contributed by atoms with Crippen LogP contribution in [-0.4, -0.2) is 68.3 Å². The second-order valence-corrected chi connectivity index (χ2v) is 7.36. The molecule has 4 rings (SSSR count). The molecule has 4 heterocycles. The van der Waals surface area contributed by atoms with Crippen molar-refractivity contribution in [3.05, 3.63) is 34.7 Å². The van der Waals surface area contributed by atoms with E-state index in [4.69, 9.17) is 16.4 Å². The van der Waals surface area contributed by atoms with Crippen LogP contribution in [0.2, 0.25) is 5.02 Å². The average molecular weight is 406 g/mol. The number of aryl methyl sites for hydroxylation is 1. The largest absolute Gasteiger partial charge is 0.434 e. The maximum Gasteiger partial charge on any atom is 0.434 e. The van der Waals surface area contributed by atoms with Crippen LogP contribution in [0.1, 0.15) is 24.2 Å². The number of rotatable bonds is 3. The fourth-order valence-corrected chi connectivity index (χ4v) is 3.63. The van der Waals surface area contributed by atoms with Crippen LogP contribution in [0.15, 0.2) is 18.3 Å². The van der Waals surface area contributed by atoms with Crippen molar-refractivity contribution in [3.63, 3.8) is 0 Å². The number of hydrogen-bond donors (Lipinski definition) is 0. The highest BCUT2D eigenvalue weighted by molar-refractivity contribution is 6.30. The number of hydroxylamine groups is 2. The molecule has 0 aliphatic carbocycles. The molecule has 148 valence electrons. The number of imide groups is 1. The van der Waals surface area contributed by atoms with Crippen molar-refractivity contribution in [2.45, 2.75) is 26.3 Å². The number of carbonyl (C=O) groups excluding carboxylic acids is 3. The molecule has 0 N–H and O–H groups in total. The summed E-state index contributed by atoms with van der Waals surface area (Å²) in [5.74, 6) is -0.947. The first-order valence-corrected chi connectivity index (χ1v) is 9.48. The Hall–Kier alpha value is -2.65. The van der Waals surface area contributed by atoms with Crippen molar-refractivity contribution in [2.24, 2.45) is 0 Å². The van der Waals surface area contributed by atoms with Gasteiger partial charge in [-0.25, -0.2) is 9.78 Å². The molecule has 0 radical (unpaired) electrons. The Morgan fingerprint density at radius 1 is 1.14 bits per heavy atom. The topological polar surface area (TPSA) is 87.5 Å². The normalized spacial score (nSPS) is 18.4. The summed E-state index contributed by atoms with van der Waals surface area (Å²) < 4.78 is 1.99. The minimum absolute atomic E-state index is 0.0859. The quantitative estimate of drug-likeness (QED) is 0.721. The molecule has 9 nitrogen and oxygen atoms in total. The van der Waals surface area contributed by atoms with Gasteiger partial charge in [0.1, 0.15) is 5.65 Å². The van der Waals surface area contributed by atoms with Gasteiger partial charge in [-0.3, -0.25) is 14.5 Å². The summed E-state index contributed by atoms with van der Waals surface area (Å²) >= 11 is 6.11. The van der Waals surface area contributed by atoms with Crippen molar-refractivity contribution < 1.29 is 19.2 Å². The molecule has 0 aromatic carbocycles. The first-order chi connectivity index (χ1) is 13.4. The van der Waals surface area contributed by atoms with Gasteiger partial charge >= 0.3 is 6.09 Å². The zero-order chi connectivity index (χ0) is 19.8. The Morgan fingerprint density at radius 2 is 1.82 bits per heavy atom. The Balaban J connectivity index is 1.36. The number of imidazole rings is 1. The molecule has 2 aromatic heterocycles. The van der Waals surface area contributed by atoms with Crippen LogP contribution in [-0.2, 0) is 21.0 Å². The van der Waals surface area contributed by atoms with Gasteiger partial charge in [0.2, 0.25) is 0 Å². The third-order valence-electron chi connectivity index (χ3n) is 5.06. The molecular weight excluding hydrogens is 386 g/mol. The lowest BCUT2D eigenvalue weighted by Gasteiger charge is -2.34. The van der Waals surface area contributed by atoms with Crippen LogP contribution in [0.5, 0.6) is 0 Å².